The van der Waals surface area contributed by atoms with Crippen LogP contribution in [0.5, 0.6) is 0 Å². The molecule has 0 aromatic heterocycles. The molecule has 0 amide bonds. The van der Waals surface area contributed by atoms with Crippen LogP contribution in [0.25, 0.3) is 10.8 Å². The number of fused-ring (bicyclic) bond motifs is 1. The highest BCUT2D eigenvalue weighted by Gasteiger charge is 1.92. The standard InChI is InChI=1S/C12H12.H3N/c1-9-3-5-11-6-4-10(2)8-12(11)7-9;/h3-8H,1-2H3;1H3. The van der Waals surface area contributed by atoms with Crippen LogP contribution >= 0.6 is 0 Å². The number of hydrogen-bond donors (Lipinski definition) is 1. The van der Waals surface area contributed by atoms with Gasteiger partial charge in [0.15, 0.2) is 0 Å². The van der Waals surface area contributed by atoms with E-state index in [-0.39, 0.29) is 6.15 Å². The Kier molecular flexibility index (Phi) is 2.69. The number of hydrogen-bond acceptors (Lipinski definition) is 1. The maximum atomic E-state index is 2.22. The fourth-order valence-electron chi connectivity index (χ4n) is 1.49. The van der Waals surface area contributed by atoms with Gasteiger partial charge in [-0.3, -0.25) is 0 Å². The summed E-state index contributed by atoms with van der Waals surface area (Å²) < 4.78 is 0. The molecule has 0 fully saturated rings. The minimum atomic E-state index is 0. The van der Waals surface area contributed by atoms with E-state index in [0.29, 0.717) is 0 Å². The van der Waals surface area contributed by atoms with Crippen molar-refractivity contribution in [3.05, 3.63) is 47.5 Å². The second-order valence-electron chi connectivity index (χ2n) is 3.35. The summed E-state index contributed by atoms with van der Waals surface area (Å²) in [6.07, 6.45) is 0. The molecule has 0 radical (unpaired) electrons. The van der Waals surface area contributed by atoms with Crippen LogP contribution in [-0.4, -0.2) is 0 Å². The zero-order valence-electron chi connectivity index (χ0n) is 8.17. The lowest BCUT2D eigenvalue weighted by atomic mass is 10.1. The molecule has 0 unspecified atom stereocenters. The summed E-state index contributed by atoms with van der Waals surface area (Å²) >= 11 is 0. The van der Waals surface area contributed by atoms with Crippen LogP contribution in [0.4, 0.5) is 0 Å². The minimum Gasteiger partial charge on any atom is -0.344 e. The summed E-state index contributed by atoms with van der Waals surface area (Å²) in [5.41, 5.74) is 2.65. The Balaban J connectivity index is 0.000000845. The minimum absolute atomic E-state index is 0. The summed E-state index contributed by atoms with van der Waals surface area (Å²) in [6.45, 7) is 4.25. The van der Waals surface area contributed by atoms with E-state index in [2.05, 4.69) is 50.2 Å². The van der Waals surface area contributed by atoms with Gasteiger partial charge in [0.05, 0.1) is 0 Å². The predicted octanol–water partition coefficient (Wildman–Crippen LogP) is 3.62. The molecule has 0 atom stereocenters. The van der Waals surface area contributed by atoms with E-state index >= 15 is 0 Å². The van der Waals surface area contributed by atoms with Crippen molar-refractivity contribution in [2.45, 2.75) is 13.8 Å². The number of aryl methyl sites for hydroxylation is 2. The fraction of sp³-hybridized carbons (Fsp3) is 0.167. The molecule has 2 aromatic rings. The fourth-order valence-corrected chi connectivity index (χ4v) is 1.49. The van der Waals surface area contributed by atoms with Crippen LogP contribution in [0.3, 0.4) is 0 Å². The van der Waals surface area contributed by atoms with E-state index in [9.17, 15) is 0 Å². The van der Waals surface area contributed by atoms with Gasteiger partial charge in [0.2, 0.25) is 0 Å². The molecule has 1 nitrogen and oxygen atoms in total. The van der Waals surface area contributed by atoms with Gasteiger partial charge in [0, 0.05) is 0 Å². The van der Waals surface area contributed by atoms with Crippen molar-refractivity contribution >= 4 is 10.8 Å². The topological polar surface area (TPSA) is 35.0 Å². The zero-order valence-corrected chi connectivity index (χ0v) is 8.17. The maximum Gasteiger partial charge on any atom is -0.0179 e. The molecule has 0 aliphatic heterocycles. The first-order valence-electron chi connectivity index (χ1n) is 4.23. The van der Waals surface area contributed by atoms with Crippen molar-refractivity contribution in [3.8, 4) is 0 Å². The predicted molar refractivity (Wildman–Crippen MR) is 58.4 cm³/mol. The molecule has 1 heteroatoms. The Morgan fingerprint density at radius 2 is 1.15 bits per heavy atom. The van der Waals surface area contributed by atoms with Crippen LogP contribution in [0.2, 0.25) is 0 Å². The SMILES string of the molecule is Cc1ccc2ccc(C)cc2c1.N. The molecule has 13 heavy (non-hydrogen) atoms. The largest absolute Gasteiger partial charge is 0.344 e. The van der Waals surface area contributed by atoms with Crippen LogP contribution in [0, 0.1) is 13.8 Å². The van der Waals surface area contributed by atoms with Crippen molar-refractivity contribution in [2.75, 3.05) is 0 Å². The first kappa shape index (κ1) is 9.75. The Morgan fingerprint density at radius 3 is 1.62 bits per heavy atom. The van der Waals surface area contributed by atoms with Crippen LogP contribution in [-0.2, 0) is 0 Å². The molecule has 2 aromatic carbocycles. The van der Waals surface area contributed by atoms with Crippen molar-refractivity contribution in [1.29, 1.82) is 0 Å². The van der Waals surface area contributed by atoms with Gasteiger partial charge in [-0.15, -0.1) is 0 Å². The van der Waals surface area contributed by atoms with Crippen molar-refractivity contribution < 1.29 is 0 Å². The maximum absolute atomic E-state index is 2.22. The summed E-state index contributed by atoms with van der Waals surface area (Å²) in [4.78, 5) is 0. The highest BCUT2D eigenvalue weighted by molar-refractivity contribution is 5.83. The van der Waals surface area contributed by atoms with E-state index in [4.69, 9.17) is 0 Å². The Bertz CT molecular complexity index is 382. The van der Waals surface area contributed by atoms with Gasteiger partial charge < -0.3 is 6.15 Å². The molecule has 2 rings (SSSR count). The molecular formula is C12H15N. The number of rotatable bonds is 0. The second kappa shape index (κ2) is 3.58. The smallest absolute Gasteiger partial charge is 0.0179 e. The van der Waals surface area contributed by atoms with Gasteiger partial charge in [0.25, 0.3) is 0 Å². The lowest BCUT2D eigenvalue weighted by Crippen LogP contribution is -1.76. The van der Waals surface area contributed by atoms with E-state index in [1.54, 1.807) is 0 Å². The van der Waals surface area contributed by atoms with Gasteiger partial charge in [-0.25, -0.2) is 0 Å². The summed E-state index contributed by atoms with van der Waals surface area (Å²) in [5, 5.41) is 2.67. The molecule has 0 saturated carbocycles. The molecule has 68 valence electrons. The Hall–Kier alpha value is -1.34. The van der Waals surface area contributed by atoms with E-state index in [1.165, 1.54) is 21.9 Å². The average molecular weight is 173 g/mol. The molecule has 0 aliphatic rings. The first-order chi connectivity index (χ1) is 5.75. The van der Waals surface area contributed by atoms with Crippen LogP contribution < -0.4 is 6.15 Å². The van der Waals surface area contributed by atoms with Crippen LogP contribution in [0.1, 0.15) is 11.1 Å². The van der Waals surface area contributed by atoms with Gasteiger partial charge in [0.1, 0.15) is 0 Å². The lowest BCUT2D eigenvalue weighted by Gasteiger charge is -1.99. The van der Waals surface area contributed by atoms with Crippen molar-refractivity contribution in [3.63, 3.8) is 0 Å². The molecular weight excluding hydrogens is 158 g/mol. The summed E-state index contributed by atoms with van der Waals surface area (Å²) in [7, 11) is 0. The molecule has 0 bridgehead atoms. The highest BCUT2D eigenvalue weighted by atomic mass is 14.0. The second-order valence-corrected chi connectivity index (χ2v) is 3.35. The van der Waals surface area contributed by atoms with E-state index in [1.807, 2.05) is 0 Å². The molecule has 3 N–H and O–H groups in total. The third kappa shape index (κ3) is 1.87. The highest BCUT2D eigenvalue weighted by Crippen LogP contribution is 2.16. The summed E-state index contributed by atoms with van der Waals surface area (Å²) in [6, 6.07) is 13.1. The van der Waals surface area contributed by atoms with Crippen molar-refractivity contribution in [2.24, 2.45) is 0 Å². The quantitative estimate of drug-likeness (QED) is 0.648. The number of benzene rings is 2. The van der Waals surface area contributed by atoms with Gasteiger partial charge >= 0.3 is 0 Å². The summed E-state index contributed by atoms with van der Waals surface area (Å²) in [5.74, 6) is 0. The zero-order chi connectivity index (χ0) is 8.55. The van der Waals surface area contributed by atoms with Gasteiger partial charge in [-0.05, 0) is 24.6 Å². The first-order valence-corrected chi connectivity index (χ1v) is 4.23. The third-order valence-corrected chi connectivity index (χ3v) is 2.15. The molecule has 0 saturated heterocycles. The molecule has 0 heterocycles. The molecule has 0 aliphatic carbocycles. The van der Waals surface area contributed by atoms with Gasteiger partial charge in [-0.2, -0.15) is 0 Å². The van der Waals surface area contributed by atoms with Gasteiger partial charge in [-0.1, -0.05) is 47.5 Å². The Morgan fingerprint density at radius 1 is 0.692 bits per heavy atom. The monoisotopic (exact) mass is 173 g/mol. The molecule has 0 spiro atoms. The Labute approximate surface area is 79.0 Å². The lowest BCUT2D eigenvalue weighted by molar-refractivity contribution is 1.47. The van der Waals surface area contributed by atoms with Crippen molar-refractivity contribution in [1.82, 2.24) is 6.15 Å². The van der Waals surface area contributed by atoms with Crippen LogP contribution in [0.15, 0.2) is 36.4 Å². The average Bonchev–Trinajstić information content (AvgIpc) is 2.03. The van der Waals surface area contributed by atoms with E-state index < -0.39 is 0 Å². The third-order valence-electron chi connectivity index (χ3n) is 2.15. The van der Waals surface area contributed by atoms with E-state index in [0.717, 1.165) is 0 Å². The normalized spacial score (nSPS) is 9.69.